The Hall–Kier alpha value is -2.97. The highest BCUT2D eigenvalue weighted by Gasteiger charge is 2.61. The lowest BCUT2D eigenvalue weighted by molar-refractivity contribution is -0.0591. The van der Waals surface area contributed by atoms with Gasteiger partial charge in [0.1, 0.15) is 48.6 Å². The fraction of sp³-hybridized carbons (Fsp3) is 0.524. The Bertz CT molecular complexity index is 1820. The van der Waals surface area contributed by atoms with Crippen LogP contribution < -0.4 is 11.5 Å². The maximum Gasteiger partial charge on any atom is 0.697 e. The average molecular weight is 675 g/mol. The molecule has 234 valence electrons. The van der Waals surface area contributed by atoms with Gasteiger partial charge < -0.3 is 30.4 Å². The molecule has 23 heteroatoms. The first-order valence-corrected chi connectivity index (χ1v) is 16.6. The van der Waals surface area contributed by atoms with Gasteiger partial charge in [0, 0.05) is 4.57 Å². The summed E-state index contributed by atoms with van der Waals surface area (Å²) in [7, 11) is -3.03. The van der Waals surface area contributed by atoms with E-state index in [1.165, 1.54) is 34.4 Å². The van der Waals surface area contributed by atoms with E-state index in [9.17, 15) is 9.46 Å². The van der Waals surface area contributed by atoms with E-state index in [4.69, 9.17) is 50.8 Å². The number of aromatic nitrogens is 8. The molecular weight excluding hydrogens is 652 g/mol. The van der Waals surface area contributed by atoms with Gasteiger partial charge in [-0.25, -0.2) is 38.7 Å². The lowest BCUT2D eigenvalue weighted by atomic mass is 9.98. The molecule has 0 amide bonds. The number of fused-ring (bicyclic) bond motifs is 4. The van der Waals surface area contributed by atoms with Crippen LogP contribution in [0.3, 0.4) is 0 Å². The van der Waals surface area contributed by atoms with Gasteiger partial charge in [-0.2, -0.15) is 0 Å². The van der Waals surface area contributed by atoms with Crippen LogP contribution in [0.2, 0.25) is 0 Å². The zero-order valence-corrected chi connectivity index (χ0v) is 25.0. The monoisotopic (exact) mass is 675 g/mol. The van der Waals surface area contributed by atoms with Crippen molar-refractivity contribution in [3.05, 3.63) is 25.3 Å². The smallest absolute Gasteiger partial charge is 0.382 e. The SMILES string of the molecule is C[C@@]1(F)[C@@H]2O[P+](=O)OC[C@H]3O[C@@H](n4cnc5c(N)ncnc54)[C@H](F)[C@@H]3OP(O)(=S)OC[C@H]2O[C@H]1n1cnc2c(N)ncnc21. The van der Waals surface area contributed by atoms with Crippen LogP contribution in [0.15, 0.2) is 25.3 Å². The standard InChI is InChI=1S/C21H22F2N10O8P2S/c1-21(23)14-9(39-20(21)33-7-31-12-16(25)27-5-29-18(12)33)3-37-43(35,44)41-13-8(2-36-42(34)40-14)38-19(10(13)22)32-6-30-11-15(24)26-4-28-17(11)32/h4-10,13-14,19-20H,2-3H2,1H3,(H4-,24,25,26,27,28,29,35,44)/p+1/t8-,9-,10-,13-,14-,19-,20-,21-,43?/m1/s1. The third-order valence-corrected chi connectivity index (χ3v) is 9.77. The zero-order chi connectivity index (χ0) is 31.0. The highest BCUT2D eigenvalue weighted by atomic mass is 32.5. The quantitative estimate of drug-likeness (QED) is 0.255. The van der Waals surface area contributed by atoms with E-state index < -0.39 is 76.9 Å². The molecule has 3 fully saturated rings. The number of alkyl halides is 2. The van der Waals surface area contributed by atoms with Crippen molar-refractivity contribution in [2.75, 3.05) is 24.7 Å². The molecule has 7 heterocycles. The molecule has 2 unspecified atom stereocenters. The maximum atomic E-state index is 16.5. The summed E-state index contributed by atoms with van der Waals surface area (Å²) >= 11 is 5.17. The first-order valence-electron chi connectivity index (χ1n) is 12.9. The molecule has 0 spiro atoms. The first kappa shape index (κ1) is 29.7. The molecule has 0 aromatic carbocycles. The van der Waals surface area contributed by atoms with Crippen molar-refractivity contribution in [2.24, 2.45) is 0 Å². The Morgan fingerprint density at radius 1 is 1.02 bits per heavy atom. The Labute approximate surface area is 251 Å². The molecule has 3 aliphatic heterocycles. The lowest BCUT2D eigenvalue weighted by Gasteiger charge is -2.26. The predicted octanol–water partition coefficient (Wildman–Crippen LogP) is 1.38. The van der Waals surface area contributed by atoms with Crippen molar-refractivity contribution in [1.82, 2.24) is 39.0 Å². The predicted molar refractivity (Wildman–Crippen MR) is 147 cm³/mol. The maximum absolute atomic E-state index is 16.5. The van der Waals surface area contributed by atoms with E-state index >= 15 is 8.78 Å². The van der Waals surface area contributed by atoms with Crippen molar-refractivity contribution in [2.45, 2.75) is 55.6 Å². The number of nitrogens with two attached hydrogens (primary N) is 2. The summed E-state index contributed by atoms with van der Waals surface area (Å²) in [6.07, 6.45) is -5.69. The molecule has 7 rings (SSSR count). The van der Waals surface area contributed by atoms with Gasteiger partial charge in [-0.15, -0.1) is 9.05 Å². The minimum absolute atomic E-state index is 0.0628. The molecule has 3 aliphatic rings. The highest BCUT2D eigenvalue weighted by Crippen LogP contribution is 2.53. The first-order chi connectivity index (χ1) is 20.9. The van der Waals surface area contributed by atoms with Gasteiger partial charge in [0.05, 0.1) is 19.3 Å². The third kappa shape index (κ3) is 4.93. The van der Waals surface area contributed by atoms with Crippen molar-refractivity contribution < 1.29 is 45.8 Å². The minimum Gasteiger partial charge on any atom is -0.382 e. The zero-order valence-electron chi connectivity index (χ0n) is 22.4. The van der Waals surface area contributed by atoms with Crippen LogP contribution in [-0.4, -0.2) is 93.4 Å². The van der Waals surface area contributed by atoms with Gasteiger partial charge in [-0.05, 0) is 18.7 Å². The Kier molecular flexibility index (Phi) is 7.32. The number of rotatable bonds is 2. The number of halogens is 2. The summed E-state index contributed by atoms with van der Waals surface area (Å²) in [6.45, 7) is -4.25. The Morgan fingerprint density at radius 3 is 2.34 bits per heavy atom. The third-order valence-electron chi connectivity index (χ3n) is 7.45. The molecule has 0 radical (unpaired) electrons. The van der Waals surface area contributed by atoms with Crippen LogP contribution in [0, 0.1) is 0 Å². The Balaban J connectivity index is 1.16. The summed E-state index contributed by atoms with van der Waals surface area (Å²) < 4.78 is 81.7. The van der Waals surface area contributed by atoms with E-state index in [1.54, 1.807) is 0 Å². The topological polar surface area (TPSA) is 232 Å². The summed E-state index contributed by atoms with van der Waals surface area (Å²) in [5, 5.41) is 0. The van der Waals surface area contributed by atoms with E-state index in [1.807, 2.05) is 0 Å². The second kappa shape index (κ2) is 10.8. The van der Waals surface area contributed by atoms with E-state index in [-0.39, 0.29) is 34.0 Å². The second-order valence-corrected chi connectivity index (χ2v) is 13.9. The number of nitrogen functional groups attached to an aromatic ring is 2. The van der Waals surface area contributed by atoms with Crippen molar-refractivity contribution >= 4 is 60.7 Å². The molecule has 0 bridgehead atoms. The molecule has 3 saturated heterocycles. The van der Waals surface area contributed by atoms with Gasteiger partial charge in [-0.3, -0.25) is 13.7 Å². The molecule has 18 nitrogen and oxygen atoms in total. The number of nitrogens with zero attached hydrogens (tertiary/aromatic N) is 8. The number of hydrogen-bond donors (Lipinski definition) is 3. The minimum atomic E-state index is -4.24. The number of anilines is 2. The van der Waals surface area contributed by atoms with Gasteiger partial charge >= 0.3 is 15.0 Å². The molecule has 4 aromatic heterocycles. The fourth-order valence-corrected chi connectivity index (χ4v) is 7.69. The summed E-state index contributed by atoms with van der Waals surface area (Å²) in [4.78, 5) is 35.1. The number of ether oxygens (including phenoxy) is 2. The lowest BCUT2D eigenvalue weighted by Crippen LogP contribution is -2.42. The van der Waals surface area contributed by atoms with Crippen LogP contribution in [0.1, 0.15) is 19.4 Å². The summed E-state index contributed by atoms with van der Waals surface area (Å²) in [6, 6.07) is 0. The molecule has 5 N–H and O–H groups in total. The van der Waals surface area contributed by atoms with Crippen LogP contribution in [0.25, 0.3) is 22.3 Å². The molecule has 44 heavy (non-hydrogen) atoms. The van der Waals surface area contributed by atoms with E-state index in [0.29, 0.717) is 0 Å². The highest BCUT2D eigenvalue weighted by molar-refractivity contribution is 8.07. The van der Waals surface area contributed by atoms with Crippen LogP contribution in [-0.2, 0) is 43.9 Å². The van der Waals surface area contributed by atoms with Crippen molar-refractivity contribution in [3.63, 3.8) is 0 Å². The van der Waals surface area contributed by atoms with Crippen molar-refractivity contribution in [1.29, 1.82) is 0 Å². The van der Waals surface area contributed by atoms with Gasteiger partial charge in [-0.1, -0.05) is 0 Å². The summed E-state index contributed by atoms with van der Waals surface area (Å²) in [5.41, 5.74) is 10.0. The normalized spacial score (nSPS) is 37.5. The van der Waals surface area contributed by atoms with E-state index in [2.05, 4.69) is 29.9 Å². The summed E-state index contributed by atoms with van der Waals surface area (Å²) in [5.74, 6) is 0.128. The fourth-order valence-electron chi connectivity index (χ4n) is 5.39. The van der Waals surface area contributed by atoms with E-state index in [0.717, 1.165) is 6.92 Å². The second-order valence-electron chi connectivity index (χ2n) is 10.2. The van der Waals surface area contributed by atoms with Gasteiger partial charge in [0.15, 0.2) is 53.3 Å². The molecular formula is C21H23F2N10O8P2S+. The van der Waals surface area contributed by atoms with Gasteiger partial charge in [0.25, 0.3) is 0 Å². The van der Waals surface area contributed by atoms with Crippen molar-refractivity contribution in [3.8, 4) is 0 Å². The molecule has 4 aromatic rings. The average Bonchev–Trinajstić information content (AvgIpc) is 3.72. The number of hydrogen-bond acceptors (Lipinski definition) is 16. The number of imidazole rings is 2. The molecule has 0 aliphatic carbocycles. The van der Waals surface area contributed by atoms with Gasteiger partial charge in [0.2, 0.25) is 0 Å². The molecule has 0 saturated carbocycles. The molecule has 10 atom stereocenters. The van der Waals surface area contributed by atoms with Crippen LogP contribution in [0.4, 0.5) is 20.4 Å². The Morgan fingerprint density at radius 2 is 1.66 bits per heavy atom. The van der Waals surface area contributed by atoms with Crippen LogP contribution in [0.5, 0.6) is 0 Å². The van der Waals surface area contributed by atoms with Crippen LogP contribution >= 0.6 is 15.0 Å². The largest absolute Gasteiger partial charge is 0.697 e.